The lowest BCUT2D eigenvalue weighted by atomic mass is 9.91. The normalized spacial score (nSPS) is 13.0. The highest BCUT2D eigenvalue weighted by molar-refractivity contribution is 5.84. The number of benzene rings is 2. The summed E-state index contributed by atoms with van der Waals surface area (Å²) in [5, 5.41) is 0. The molecule has 2 aromatic carbocycles. The SMILES string of the molecule is CCCCCCCCCCCCCCCCCCCCC=CC1=C(c2cc(CCCCCCCC)cc(CCCCCCCC)c2)[N+](=[N-])C(c2cc(CCCCCCCC)cc(CCCCCCCC)c2)=C1CCCC. The molecule has 1 heterocycles. The van der Waals surface area contributed by atoms with Gasteiger partial charge in [-0.05, 0) is 124 Å². The Labute approximate surface area is 474 Å². The number of nitrogens with zero attached hydrogens (tertiary/aromatic N) is 2. The van der Waals surface area contributed by atoms with Crippen molar-refractivity contribution in [2.45, 2.75) is 363 Å². The third-order valence-electron chi connectivity index (χ3n) is 17.0. The van der Waals surface area contributed by atoms with Crippen LogP contribution < -0.4 is 0 Å². The molecule has 432 valence electrons. The van der Waals surface area contributed by atoms with Gasteiger partial charge in [0.05, 0.1) is 5.57 Å². The minimum atomic E-state index is 0.988. The summed E-state index contributed by atoms with van der Waals surface area (Å²) in [5.74, 6) is 0. The first-order valence-corrected chi connectivity index (χ1v) is 34.4. The summed E-state index contributed by atoms with van der Waals surface area (Å²) in [5.41, 5.74) is 26.1. The minimum absolute atomic E-state index is 0.988. The highest BCUT2D eigenvalue weighted by Crippen LogP contribution is 2.44. The van der Waals surface area contributed by atoms with E-state index in [1.807, 2.05) is 0 Å². The van der Waals surface area contributed by atoms with E-state index in [9.17, 15) is 5.53 Å². The Morgan fingerprint density at radius 3 is 0.855 bits per heavy atom. The van der Waals surface area contributed by atoms with Crippen LogP contribution >= 0.6 is 0 Å². The molecule has 0 saturated heterocycles. The predicted molar refractivity (Wildman–Crippen MR) is 341 cm³/mol. The molecule has 0 fully saturated rings. The molecule has 0 unspecified atom stereocenters. The topological polar surface area (TPSA) is 25.3 Å². The van der Waals surface area contributed by atoms with E-state index in [2.05, 4.69) is 90.1 Å². The monoisotopic (exact) mass is 1040 g/mol. The fourth-order valence-electron chi connectivity index (χ4n) is 12.2. The molecule has 0 N–H and O–H groups in total. The highest BCUT2D eigenvalue weighted by atomic mass is 15.2. The number of aryl methyl sites for hydroxylation is 4. The molecule has 0 amide bonds. The van der Waals surface area contributed by atoms with Gasteiger partial charge in [-0.2, -0.15) is 0 Å². The Bertz CT molecular complexity index is 1750. The van der Waals surface area contributed by atoms with Crippen LogP contribution in [0.15, 0.2) is 59.7 Å². The second-order valence-electron chi connectivity index (χ2n) is 24.4. The molecule has 0 aliphatic carbocycles. The first-order valence-electron chi connectivity index (χ1n) is 34.4. The van der Waals surface area contributed by atoms with Crippen LogP contribution in [0.4, 0.5) is 0 Å². The number of allylic oxidation sites excluding steroid dienone is 4. The first-order chi connectivity index (χ1) is 37.5. The van der Waals surface area contributed by atoms with Crippen LogP contribution in [0.3, 0.4) is 0 Å². The maximum atomic E-state index is 13.1. The quantitative estimate of drug-likeness (QED) is 0.0466. The van der Waals surface area contributed by atoms with Gasteiger partial charge in [0.2, 0.25) is 11.4 Å². The van der Waals surface area contributed by atoms with Crippen molar-refractivity contribution in [2.24, 2.45) is 0 Å². The Hall–Kier alpha value is -2.74. The molecular weight excluding hydrogens is 917 g/mol. The zero-order chi connectivity index (χ0) is 54.4. The van der Waals surface area contributed by atoms with E-state index >= 15 is 0 Å². The maximum Gasteiger partial charge on any atom is 0.215 e. The van der Waals surface area contributed by atoms with E-state index in [4.69, 9.17) is 0 Å². The zero-order valence-electron chi connectivity index (χ0n) is 51.9. The lowest BCUT2D eigenvalue weighted by Crippen LogP contribution is -2.05. The van der Waals surface area contributed by atoms with Crippen LogP contribution in [-0.4, -0.2) is 4.70 Å². The molecule has 3 rings (SSSR count). The smallest absolute Gasteiger partial charge is 0.215 e. The summed E-state index contributed by atoms with van der Waals surface area (Å²) in [4.78, 5) is 0. The molecule has 0 atom stereocenters. The zero-order valence-corrected chi connectivity index (χ0v) is 51.9. The van der Waals surface area contributed by atoms with Crippen molar-refractivity contribution < 1.29 is 4.70 Å². The molecular formula is C74H126N2. The summed E-state index contributed by atoms with van der Waals surface area (Å²) in [6.07, 6.45) is 70.9. The van der Waals surface area contributed by atoms with Crippen molar-refractivity contribution >= 4 is 11.4 Å². The van der Waals surface area contributed by atoms with Gasteiger partial charge < -0.3 is 5.53 Å². The Morgan fingerprint density at radius 2 is 0.553 bits per heavy atom. The van der Waals surface area contributed by atoms with Crippen LogP contribution in [0.25, 0.3) is 16.9 Å². The molecule has 0 spiro atoms. The van der Waals surface area contributed by atoms with Crippen LogP contribution in [0.1, 0.15) is 370 Å². The average molecular weight is 1040 g/mol. The van der Waals surface area contributed by atoms with Crippen molar-refractivity contribution in [1.29, 1.82) is 0 Å². The van der Waals surface area contributed by atoms with Gasteiger partial charge in [-0.15, -0.1) is 0 Å². The van der Waals surface area contributed by atoms with Crippen molar-refractivity contribution in [3.8, 4) is 0 Å². The van der Waals surface area contributed by atoms with Crippen LogP contribution in [0, 0.1) is 0 Å². The lowest BCUT2D eigenvalue weighted by Gasteiger charge is -2.15. The molecule has 2 aromatic rings. The van der Waals surface area contributed by atoms with Crippen molar-refractivity contribution in [3.05, 3.63) is 98.6 Å². The molecule has 0 radical (unpaired) electrons. The van der Waals surface area contributed by atoms with Gasteiger partial charge in [0, 0.05) is 16.7 Å². The minimum Gasteiger partial charge on any atom is -0.493 e. The van der Waals surface area contributed by atoms with E-state index < -0.39 is 0 Å². The van der Waals surface area contributed by atoms with Gasteiger partial charge >= 0.3 is 0 Å². The van der Waals surface area contributed by atoms with Gasteiger partial charge in [0.15, 0.2) is 0 Å². The second kappa shape index (κ2) is 47.1. The van der Waals surface area contributed by atoms with Gasteiger partial charge in [0.25, 0.3) is 0 Å². The van der Waals surface area contributed by atoms with Gasteiger partial charge in [-0.3, -0.25) is 0 Å². The molecule has 1 aliphatic rings. The highest BCUT2D eigenvalue weighted by Gasteiger charge is 2.35. The summed E-state index contributed by atoms with van der Waals surface area (Å²) >= 11 is 0. The Kier molecular flexibility index (Phi) is 41.9. The summed E-state index contributed by atoms with van der Waals surface area (Å²) in [6, 6.07) is 15.0. The number of rotatable bonds is 53. The molecule has 76 heavy (non-hydrogen) atoms. The number of hydrogen-bond donors (Lipinski definition) is 0. The lowest BCUT2D eigenvalue weighted by molar-refractivity contribution is -0.345. The Balaban J connectivity index is 1.90. The fourth-order valence-corrected chi connectivity index (χ4v) is 12.2. The second-order valence-corrected chi connectivity index (χ2v) is 24.4. The molecule has 0 saturated carbocycles. The maximum absolute atomic E-state index is 13.1. The van der Waals surface area contributed by atoms with E-state index in [-0.39, 0.29) is 0 Å². The van der Waals surface area contributed by atoms with Crippen molar-refractivity contribution in [1.82, 2.24) is 0 Å². The van der Waals surface area contributed by atoms with Crippen LogP contribution in [0.5, 0.6) is 0 Å². The predicted octanol–water partition coefficient (Wildman–Crippen LogP) is 25.6. The summed E-state index contributed by atoms with van der Waals surface area (Å²) in [6.45, 7) is 13.9. The van der Waals surface area contributed by atoms with Gasteiger partial charge in [0.1, 0.15) is 0 Å². The number of hydrogen-bond acceptors (Lipinski definition) is 0. The number of unbranched alkanes of at least 4 members (excludes halogenated alkanes) is 39. The summed E-state index contributed by atoms with van der Waals surface area (Å²) < 4.78 is 1.71. The molecule has 2 heteroatoms. The largest absolute Gasteiger partial charge is 0.493 e. The third-order valence-corrected chi connectivity index (χ3v) is 17.0. The average Bonchev–Trinajstić information content (AvgIpc) is 3.71. The Morgan fingerprint density at radius 1 is 0.289 bits per heavy atom. The van der Waals surface area contributed by atoms with Crippen LogP contribution in [-0.2, 0) is 25.7 Å². The molecule has 0 bridgehead atoms. The van der Waals surface area contributed by atoms with E-state index in [0.717, 1.165) is 62.8 Å². The van der Waals surface area contributed by atoms with E-state index in [0.29, 0.717) is 0 Å². The standard InChI is InChI=1S/C74H126N2/c1-7-13-19-24-29-30-31-32-33-34-35-36-37-38-39-40-41-42-47-52-58-72-71(57-18-12-6)73(69-61-65(53-48-43-25-20-14-8-2)59-66(62-69)54-49-44-26-21-15-9-3)76(75)74(72)70-63-67(55-50-45-27-22-16-10-4)60-68(64-70)56-51-46-28-23-17-11-5/h52,58-64H,7-51,53-57H2,1-6H3. The van der Waals surface area contributed by atoms with Crippen molar-refractivity contribution in [3.63, 3.8) is 0 Å². The molecule has 1 aliphatic heterocycles. The van der Waals surface area contributed by atoms with E-state index in [1.165, 1.54) is 314 Å². The molecule has 0 aromatic heterocycles. The third kappa shape index (κ3) is 30.6. The van der Waals surface area contributed by atoms with Gasteiger partial charge in [-0.1, -0.05) is 310 Å². The first kappa shape index (κ1) is 67.5. The van der Waals surface area contributed by atoms with Gasteiger partial charge in [-0.25, -0.2) is 4.70 Å². The van der Waals surface area contributed by atoms with Crippen LogP contribution in [0.2, 0.25) is 0 Å². The fraction of sp³-hybridized carbons (Fsp3) is 0.757. The molecule has 2 nitrogen and oxygen atoms in total. The summed E-state index contributed by atoms with van der Waals surface area (Å²) in [7, 11) is 0. The van der Waals surface area contributed by atoms with E-state index in [1.54, 1.807) is 4.70 Å². The van der Waals surface area contributed by atoms with Crippen molar-refractivity contribution in [2.75, 3.05) is 0 Å².